The molecular weight excluding hydrogens is 378 g/mol. The van der Waals surface area contributed by atoms with Gasteiger partial charge in [-0.05, 0) is 49.4 Å². The van der Waals surface area contributed by atoms with Crippen LogP contribution in [-0.4, -0.2) is 49.6 Å². The predicted octanol–water partition coefficient (Wildman–Crippen LogP) is 3.13. The molecule has 1 heterocycles. The molecule has 0 aromatic heterocycles. The van der Waals surface area contributed by atoms with E-state index in [9.17, 15) is 9.59 Å². The highest BCUT2D eigenvalue weighted by Gasteiger charge is 2.33. The van der Waals surface area contributed by atoms with E-state index in [1.807, 2.05) is 19.1 Å². The Labute approximate surface area is 173 Å². The number of aryl methyl sites for hydroxylation is 1. The van der Waals surface area contributed by atoms with Crippen LogP contribution in [0.2, 0.25) is 0 Å². The van der Waals surface area contributed by atoms with Crippen molar-refractivity contribution < 1.29 is 14.3 Å². The van der Waals surface area contributed by atoms with Gasteiger partial charge < -0.3 is 20.7 Å². The van der Waals surface area contributed by atoms with Crippen molar-refractivity contribution in [1.82, 2.24) is 4.90 Å². The number of halogens is 1. The first-order valence-corrected chi connectivity index (χ1v) is 10.0. The Bertz CT molecular complexity index is 683. The maximum absolute atomic E-state index is 12.7. The molecule has 3 N–H and O–H groups in total. The van der Waals surface area contributed by atoms with Crippen LogP contribution in [-0.2, 0) is 9.53 Å². The number of hydrogen-bond acceptors (Lipinski definition) is 4. The van der Waals surface area contributed by atoms with Gasteiger partial charge >= 0.3 is 0 Å². The average Bonchev–Trinajstić information content (AvgIpc) is 2.70. The molecule has 156 valence electrons. The first-order valence-electron chi connectivity index (χ1n) is 10.0. The molecule has 1 aliphatic heterocycles. The SMILES string of the molecule is Cc1ccc(C(=O)N2CCOCC2)cc1NC(=O)CC1(CN)CCCCC1.Cl. The van der Waals surface area contributed by atoms with Crippen molar-refractivity contribution >= 4 is 29.9 Å². The van der Waals surface area contributed by atoms with Crippen molar-refractivity contribution in [3.63, 3.8) is 0 Å². The van der Waals surface area contributed by atoms with Crippen LogP contribution in [0, 0.1) is 12.3 Å². The summed E-state index contributed by atoms with van der Waals surface area (Å²) in [6.07, 6.45) is 6.01. The molecule has 0 bridgehead atoms. The summed E-state index contributed by atoms with van der Waals surface area (Å²) >= 11 is 0. The molecule has 6 nitrogen and oxygen atoms in total. The molecule has 1 aliphatic carbocycles. The number of nitrogens with zero attached hydrogens (tertiary/aromatic N) is 1. The molecule has 0 atom stereocenters. The van der Waals surface area contributed by atoms with Gasteiger partial charge in [-0.25, -0.2) is 0 Å². The van der Waals surface area contributed by atoms with Crippen LogP contribution >= 0.6 is 12.4 Å². The molecule has 0 radical (unpaired) electrons. The fourth-order valence-electron chi connectivity index (χ4n) is 4.13. The number of benzene rings is 1. The van der Waals surface area contributed by atoms with Gasteiger partial charge in [0.1, 0.15) is 0 Å². The number of nitrogens with one attached hydrogen (secondary N) is 1. The minimum absolute atomic E-state index is 0. The van der Waals surface area contributed by atoms with Crippen LogP contribution in [0.1, 0.15) is 54.4 Å². The zero-order valence-corrected chi connectivity index (χ0v) is 17.5. The van der Waals surface area contributed by atoms with Crippen molar-refractivity contribution in [3.05, 3.63) is 29.3 Å². The highest BCUT2D eigenvalue weighted by atomic mass is 35.5. The van der Waals surface area contributed by atoms with Crippen LogP contribution in [0.3, 0.4) is 0 Å². The third-order valence-electron chi connectivity index (χ3n) is 5.94. The Kier molecular flexibility index (Phi) is 8.28. The van der Waals surface area contributed by atoms with Gasteiger partial charge in [0.2, 0.25) is 5.91 Å². The van der Waals surface area contributed by atoms with E-state index in [2.05, 4.69) is 5.32 Å². The molecular formula is C21H32ClN3O3. The van der Waals surface area contributed by atoms with Crippen LogP contribution in [0.15, 0.2) is 18.2 Å². The zero-order chi connectivity index (χ0) is 19.3. The van der Waals surface area contributed by atoms with Gasteiger partial charge in [-0.1, -0.05) is 25.3 Å². The van der Waals surface area contributed by atoms with Gasteiger partial charge in [0.25, 0.3) is 5.91 Å². The van der Waals surface area contributed by atoms with E-state index in [0.29, 0.717) is 50.5 Å². The lowest BCUT2D eigenvalue weighted by molar-refractivity contribution is -0.118. The third kappa shape index (κ3) is 5.46. The summed E-state index contributed by atoms with van der Waals surface area (Å²) in [4.78, 5) is 27.2. The van der Waals surface area contributed by atoms with Crippen LogP contribution < -0.4 is 11.1 Å². The number of morpholine rings is 1. The minimum Gasteiger partial charge on any atom is -0.378 e. The number of amides is 2. The van der Waals surface area contributed by atoms with Crippen molar-refractivity contribution in [2.75, 3.05) is 38.2 Å². The Hall–Kier alpha value is -1.63. The highest BCUT2D eigenvalue weighted by Crippen LogP contribution is 2.38. The Balaban J connectivity index is 0.00000280. The van der Waals surface area contributed by atoms with Gasteiger partial charge in [0.15, 0.2) is 0 Å². The normalized spacial score (nSPS) is 18.9. The largest absolute Gasteiger partial charge is 0.378 e. The quantitative estimate of drug-likeness (QED) is 0.782. The number of anilines is 1. The number of hydrogen-bond donors (Lipinski definition) is 2. The molecule has 1 aromatic rings. The third-order valence-corrected chi connectivity index (χ3v) is 5.94. The summed E-state index contributed by atoms with van der Waals surface area (Å²) in [6.45, 7) is 4.85. The first-order chi connectivity index (χ1) is 13.0. The molecule has 3 rings (SSSR count). The Morgan fingerprint density at radius 3 is 2.50 bits per heavy atom. The second kappa shape index (κ2) is 10.2. The predicted molar refractivity (Wildman–Crippen MR) is 113 cm³/mol. The fourth-order valence-corrected chi connectivity index (χ4v) is 4.13. The fraction of sp³-hybridized carbons (Fsp3) is 0.619. The van der Waals surface area contributed by atoms with Gasteiger partial charge in [-0.3, -0.25) is 9.59 Å². The van der Waals surface area contributed by atoms with E-state index in [1.165, 1.54) is 6.42 Å². The van der Waals surface area contributed by atoms with E-state index < -0.39 is 0 Å². The molecule has 28 heavy (non-hydrogen) atoms. The maximum Gasteiger partial charge on any atom is 0.254 e. The lowest BCUT2D eigenvalue weighted by atomic mass is 9.71. The minimum atomic E-state index is -0.0720. The van der Waals surface area contributed by atoms with E-state index in [4.69, 9.17) is 10.5 Å². The monoisotopic (exact) mass is 409 g/mol. The summed E-state index contributed by atoms with van der Waals surface area (Å²) in [5.74, 6) is -0.0269. The summed E-state index contributed by atoms with van der Waals surface area (Å²) in [5, 5.41) is 3.02. The van der Waals surface area contributed by atoms with Crippen LogP contribution in [0.25, 0.3) is 0 Å². The van der Waals surface area contributed by atoms with Gasteiger partial charge in [-0.2, -0.15) is 0 Å². The number of carbonyl (C=O) groups excluding carboxylic acids is 2. The molecule has 2 aliphatic rings. The van der Waals surface area contributed by atoms with E-state index in [0.717, 1.165) is 31.2 Å². The zero-order valence-electron chi connectivity index (χ0n) is 16.7. The second-order valence-electron chi connectivity index (χ2n) is 7.92. The van der Waals surface area contributed by atoms with Gasteiger partial charge in [0.05, 0.1) is 13.2 Å². The van der Waals surface area contributed by atoms with Crippen molar-refractivity contribution in [3.8, 4) is 0 Å². The topological polar surface area (TPSA) is 84.7 Å². The van der Waals surface area contributed by atoms with Crippen molar-refractivity contribution in [2.45, 2.75) is 45.4 Å². The second-order valence-corrected chi connectivity index (χ2v) is 7.92. The molecule has 0 unspecified atom stereocenters. The summed E-state index contributed by atoms with van der Waals surface area (Å²) < 4.78 is 5.31. The standard InChI is InChI=1S/C21H31N3O3.ClH/c1-16-5-6-17(20(26)24-9-11-27-12-10-24)13-18(16)23-19(25)14-21(15-22)7-3-2-4-8-21;/h5-6,13H,2-4,7-12,14-15,22H2,1H3,(H,23,25);1H. The number of rotatable bonds is 5. The molecule has 7 heteroatoms. The average molecular weight is 410 g/mol. The molecule has 0 spiro atoms. The van der Waals surface area contributed by atoms with Crippen LogP contribution in [0.4, 0.5) is 5.69 Å². The molecule has 1 saturated heterocycles. The van der Waals surface area contributed by atoms with Crippen molar-refractivity contribution in [1.29, 1.82) is 0 Å². The van der Waals surface area contributed by atoms with E-state index >= 15 is 0 Å². The lowest BCUT2D eigenvalue weighted by Crippen LogP contribution is -2.40. The lowest BCUT2D eigenvalue weighted by Gasteiger charge is -2.35. The molecule has 2 amide bonds. The van der Waals surface area contributed by atoms with Gasteiger partial charge in [-0.15, -0.1) is 12.4 Å². The van der Waals surface area contributed by atoms with Crippen LogP contribution in [0.5, 0.6) is 0 Å². The summed E-state index contributed by atoms with van der Waals surface area (Å²) in [7, 11) is 0. The van der Waals surface area contributed by atoms with Crippen molar-refractivity contribution in [2.24, 2.45) is 11.1 Å². The summed E-state index contributed by atoms with van der Waals surface area (Å²) in [6, 6.07) is 5.51. The highest BCUT2D eigenvalue weighted by molar-refractivity contribution is 5.98. The molecule has 2 fully saturated rings. The Morgan fingerprint density at radius 2 is 1.86 bits per heavy atom. The number of ether oxygens (including phenoxy) is 1. The number of nitrogens with two attached hydrogens (primary N) is 1. The Morgan fingerprint density at radius 1 is 1.18 bits per heavy atom. The molecule has 1 saturated carbocycles. The van der Waals surface area contributed by atoms with E-state index in [-0.39, 0.29) is 29.6 Å². The van der Waals surface area contributed by atoms with Gasteiger partial charge in [0, 0.05) is 30.8 Å². The maximum atomic E-state index is 12.7. The summed E-state index contributed by atoms with van der Waals surface area (Å²) in [5.41, 5.74) is 8.21. The van der Waals surface area contributed by atoms with E-state index in [1.54, 1.807) is 11.0 Å². The molecule has 1 aromatic carbocycles. The smallest absolute Gasteiger partial charge is 0.254 e. The first kappa shape index (κ1) is 22.7. The number of carbonyl (C=O) groups is 2.